The summed E-state index contributed by atoms with van der Waals surface area (Å²) in [6, 6.07) is 4.03. The molecular formula is C13H11BrF3N3. The van der Waals surface area contributed by atoms with Crippen molar-refractivity contribution in [3.63, 3.8) is 0 Å². The van der Waals surface area contributed by atoms with E-state index >= 15 is 0 Å². The number of aromatic nitrogens is 2. The molecule has 0 unspecified atom stereocenters. The quantitative estimate of drug-likeness (QED) is 0.891. The lowest BCUT2D eigenvalue weighted by atomic mass is 10.2. The summed E-state index contributed by atoms with van der Waals surface area (Å²) in [5.74, 6) is 0. The van der Waals surface area contributed by atoms with Gasteiger partial charge in [-0.25, -0.2) is 4.68 Å². The number of anilines is 1. The van der Waals surface area contributed by atoms with Crippen LogP contribution in [-0.4, -0.2) is 9.78 Å². The lowest BCUT2D eigenvalue weighted by Crippen LogP contribution is -2.07. The van der Waals surface area contributed by atoms with Crippen LogP contribution in [0.2, 0.25) is 0 Å². The maximum atomic E-state index is 12.8. The summed E-state index contributed by atoms with van der Waals surface area (Å²) in [4.78, 5) is 0. The zero-order chi connectivity index (χ0) is 14.8. The summed E-state index contributed by atoms with van der Waals surface area (Å²) in [6.07, 6.45) is 0.511. The number of nitrogens with one attached hydrogen (secondary N) is 1. The van der Waals surface area contributed by atoms with E-state index in [0.717, 1.165) is 11.6 Å². The van der Waals surface area contributed by atoms with E-state index < -0.39 is 11.7 Å². The maximum Gasteiger partial charge on any atom is 0.417 e. The average Bonchev–Trinajstić information content (AvgIpc) is 2.84. The zero-order valence-electron chi connectivity index (χ0n) is 10.3. The number of hydrogen-bond acceptors (Lipinski definition) is 2. The van der Waals surface area contributed by atoms with Crippen molar-refractivity contribution in [3.05, 3.63) is 52.8 Å². The van der Waals surface area contributed by atoms with E-state index in [-0.39, 0.29) is 4.47 Å². The van der Waals surface area contributed by atoms with Crippen molar-refractivity contribution in [1.29, 1.82) is 0 Å². The normalized spacial score (nSPS) is 11.4. The molecule has 0 atom stereocenters. The summed E-state index contributed by atoms with van der Waals surface area (Å²) in [7, 11) is 0. The van der Waals surface area contributed by atoms with Crippen molar-refractivity contribution in [3.8, 4) is 0 Å². The Morgan fingerprint density at radius 2 is 2.15 bits per heavy atom. The largest absolute Gasteiger partial charge is 0.417 e. The molecule has 0 radical (unpaired) electrons. The second-order valence-corrected chi connectivity index (χ2v) is 4.91. The highest BCUT2D eigenvalue weighted by Gasteiger charge is 2.33. The Balaban J connectivity index is 2.12. The Kier molecular flexibility index (Phi) is 4.17. The maximum absolute atomic E-state index is 12.8. The lowest BCUT2D eigenvalue weighted by molar-refractivity contribution is -0.138. The first-order valence-electron chi connectivity index (χ1n) is 5.66. The van der Waals surface area contributed by atoms with Crippen LogP contribution >= 0.6 is 15.9 Å². The van der Waals surface area contributed by atoms with Crippen molar-refractivity contribution < 1.29 is 13.2 Å². The fourth-order valence-electron chi connectivity index (χ4n) is 1.63. The molecule has 0 aliphatic rings. The summed E-state index contributed by atoms with van der Waals surface area (Å²) in [6.45, 7) is 3.94. The Bertz CT molecular complexity index is 620. The molecule has 2 aromatic rings. The van der Waals surface area contributed by atoms with Gasteiger partial charge in [-0.05, 0) is 18.2 Å². The minimum absolute atomic E-state index is 0.0232. The van der Waals surface area contributed by atoms with Gasteiger partial charge in [0, 0.05) is 34.7 Å². The number of benzene rings is 1. The molecular weight excluding hydrogens is 335 g/mol. The predicted molar refractivity (Wildman–Crippen MR) is 75.1 cm³/mol. The van der Waals surface area contributed by atoms with Crippen molar-refractivity contribution in [2.75, 3.05) is 5.32 Å². The van der Waals surface area contributed by atoms with Gasteiger partial charge in [0.2, 0.25) is 0 Å². The van der Waals surface area contributed by atoms with Gasteiger partial charge in [0.05, 0.1) is 11.8 Å². The van der Waals surface area contributed by atoms with Crippen LogP contribution in [0.1, 0.15) is 11.1 Å². The van der Waals surface area contributed by atoms with Gasteiger partial charge in [-0.2, -0.15) is 18.3 Å². The molecule has 3 nitrogen and oxygen atoms in total. The molecule has 1 aromatic heterocycles. The van der Waals surface area contributed by atoms with Crippen LogP contribution in [0, 0.1) is 0 Å². The summed E-state index contributed by atoms with van der Waals surface area (Å²) in [5.41, 5.74) is 0.539. The van der Waals surface area contributed by atoms with Crippen LogP contribution in [-0.2, 0) is 12.7 Å². The first-order valence-corrected chi connectivity index (χ1v) is 6.45. The smallest absolute Gasteiger partial charge is 0.381 e. The molecule has 7 heteroatoms. The molecule has 0 fully saturated rings. The van der Waals surface area contributed by atoms with E-state index in [1.165, 1.54) is 16.9 Å². The lowest BCUT2D eigenvalue weighted by Gasteiger charge is -2.12. The highest BCUT2D eigenvalue weighted by Crippen LogP contribution is 2.36. The zero-order valence-corrected chi connectivity index (χ0v) is 11.9. The molecule has 0 saturated carbocycles. The van der Waals surface area contributed by atoms with Crippen LogP contribution in [0.5, 0.6) is 0 Å². The van der Waals surface area contributed by atoms with Gasteiger partial charge in [0.1, 0.15) is 0 Å². The number of rotatable bonds is 4. The summed E-state index contributed by atoms with van der Waals surface area (Å²) < 4.78 is 39.8. The SMILES string of the molecule is C=Cn1cc(CNc2ccc(Br)c(C(F)(F)F)c2)cn1. The monoisotopic (exact) mass is 345 g/mol. The van der Waals surface area contributed by atoms with Crippen LogP contribution < -0.4 is 5.32 Å². The summed E-state index contributed by atoms with van der Waals surface area (Å²) >= 11 is 2.90. The molecule has 0 bridgehead atoms. The highest BCUT2D eigenvalue weighted by molar-refractivity contribution is 9.10. The van der Waals surface area contributed by atoms with Crippen molar-refractivity contribution in [2.24, 2.45) is 0 Å². The molecule has 1 aromatic carbocycles. The van der Waals surface area contributed by atoms with E-state index in [1.54, 1.807) is 18.5 Å². The highest BCUT2D eigenvalue weighted by atomic mass is 79.9. The molecule has 0 spiro atoms. The van der Waals surface area contributed by atoms with Gasteiger partial charge < -0.3 is 5.32 Å². The molecule has 20 heavy (non-hydrogen) atoms. The molecule has 2 rings (SSSR count). The molecule has 0 aliphatic heterocycles. The van der Waals surface area contributed by atoms with Crippen molar-refractivity contribution in [1.82, 2.24) is 9.78 Å². The van der Waals surface area contributed by atoms with Crippen LogP contribution in [0.3, 0.4) is 0 Å². The molecule has 0 aliphatic carbocycles. The average molecular weight is 346 g/mol. The first kappa shape index (κ1) is 14.6. The molecule has 0 amide bonds. The topological polar surface area (TPSA) is 29.9 Å². The van der Waals surface area contributed by atoms with E-state index in [0.29, 0.717) is 12.2 Å². The van der Waals surface area contributed by atoms with Gasteiger partial charge in [-0.15, -0.1) is 0 Å². The Hall–Kier alpha value is -1.76. The number of hydrogen-bond donors (Lipinski definition) is 1. The standard InChI is InChI=1S/C13H11BrF3N3/c1-2-20-8-9(7-19-20)6-18-10-3-4-12(14)11(5-10)13(15,16)17/h2-5,7-8,18H,1,6H2. The van der Waals surface area contributed by atoms with Gasteiger partial charge in [0.25, 0.3) is 0 Å². The van der Waals surface area contributed by atoms with Crippen LogP contribution in [0.4, 0.5) is 18.9 Å². The van der Waals surface area contributed by atoms with Crippen LogP contribution in [0.25, 0.3) is 6.20 Å². The molecule has 1 heterocycles. The predicted octanol–water partition coefficient (Wildman–Crippen LogP) is 4.38. The van der Waals surface area contributed by atoms with Crippen molar-refractivity contribution >= 4 is 27.8 Å². The number of halogens is 4. The Labute approximate surface area is 122 Å². The third kappa shape index (κ3) is 3.41. The second kappa shape index (κ2) is 5.70. The van der Waals surface area contributed by atoms with Gasteiger partial charge in [0.15, 0.2) is 0 Å². The first-order chi connectivity index (χ1) is 9.40. The van der Waals surface area contributed by atoms with E-state index in [4.69, 9.17) is 0 Å². The Morgan fingerprint density at radius 3 is 2.75 bits per heavy atom. The molecule has 0 saturated heterocycles. The van der Waals surface area contributed by atoms with E-state index in [1.807, 2.05) is 0 Å². The van der Waals surface area contributed by atoms with Gasteiger partial charge >= 0.3 is 6.18 Å². The fraction of sp³-hybridized carbons (Fsp3) is 0.154. The third-order valence-electron chi connectivity index (χ3n) is 2.61. The minimum Gasteiger partial charge on any atom is -0.381 e. The molecule has 1 N–H and O–H groups in total. The Morgan fingerprint density at radius 1 is 1.40 bits per heavy atom. The van der Waals surface area contributed by atoms with Crippen LogP contribution in [0.15, 0.2) is 41.6 Å². The minimum atomic E-state index is -4.38. The number of alkyl halides is 3. The van der Waals surface area contributed by atoms with E-state index in [2.05, 4.69) is 32.9 Å². The van der Waals surface area contributed by atoms with Crippen molar-refractivity contribution in [2.45, 2.75) is 12.7 Å². The van der Waals surface area contributed by atoms with Gasteiger partial charge in [-0.1, -0.05) is 22.5 Å². The van der Waals surface area contributed by atoms with Gasteiger partial charge in [-0.3, -0.25) is 0 Å². The fourth-order valence-corrected chi connectivity index (χ4v) is 2.10. The second-order valence-electron chi connectivity index (χ2n) is 4.06. The molecule has 106 valence electrons. The van der Waals surface area contributed by atoms with E-state index in [9.17, 15) is 13.2 Å². The number of nitrogens with zero attached hydrogens (tertiary/aromatic N) is 2. The summed E-state index contributed by atoms with van der Waals surface area (Å²) in [5, 5.41) is 6.92. The third-order valence-corrected chi connectivity index (χ3v) is 3.30.